The lowest BCUT2D eigenvalue weighted by molar-refractivity contribution is 0.353. The van der Waals surface area contributed by atoms with Gasteiger partial charge in [0.15, 0.2) is 0 Å². The number of imidazole rings is 1. The molecule has 0 saturated heterocycles. The van der Waals surface area contributed by atoms with E-state index in [1.807, 2.05) is 31.2 Å². The molecule has 4 heteroatoms. The number of nitrogens with two attached hydrogens (primary N) is 1. The molecule has 0 bridgehead atoms. The summed E-state index contributed by atoms with van der Waals surface area (Å²) in [7, 11) is 0. The van der Waals surface area contributed by atoms with Gasteiger partial charge in [0.2, 0.25) is 0 Å². The normalized spacial score (nSPS) is 11.0. The third-order valence-corrected chi connectivity index (χ3v) is 3.87. The van der Waals surface area contributed by atoms with Crippen molar-refractivity contribution in [3.05, 3.63) is 66.0 Å². The molecule has 0 aliphatic carbocycles. The van der Waals surface area contributed by atoms with Crippen LogP contribution in [0, 0.1) is 6.92 Å². The number of rotatable bonds is 6. The quantitative estimate of drug-likeness (QED) is 0.703. The molecule has 0 atom stereocenters. The number of benzene rings is 1. The van der Waals surface area contributed by atoms with Gasteiger partial charge in [0.05, 0.1) is 11.4 Å². The number of pyridine rings is 1. The van der Waals surface area contributed by atoms with E-state index < -0.39 is 0 Å². The summed E-state index contributed by atoms with van der Waals surface area (Å²) in [6.45, 7) is 9.00. The van der Waals surface area contributed by atoms with E-state index >= 15 is 0 Å². The first-order valence-corrected chi connectivity index (χ1v) is 8.14. The van der Waals surface area contributed by atoms with Gasteiger partial charge in [0, 0.05) is 18.2 Å². The number of nitrogens with zero attached hydrogens (tertiary/aromatic N) is 2. The van der Waals surface area contributed by atoms with Gasteiger partial charge < -0.3 is 14.9 Å². The molecule has 0 fully saturated rings. The third kappa shape index (κ3) is 3.34. The van der Waals surface area contributed by atoms with Crippen LogP contribution >= 0.6 is 0 Å². The molecule has 0 aliphatic heterocycles. The lowest BCUT2D eigenvalue weighted by Crippen LogP contribution is -2.06. The van der Waals surface area contributed by atoms with Crippen LogP contribution in [0.1, 0.15) is 18.2 Å². The van der Waals surface area contributed by atoms with Gasteiger partial charge in [0.1, 0.15) is 18.0 Å². The minimum Gasteiger partial charge on any atom is -0.489 e. The zero-order chi connectivity index (χ0) is 17.1. The molecule has 0 amide bonds. The standard InChI is InChI=1S/C20H23N3O/c1-14(2)13-24-17-6-4-16(5-7-17)20-18(8-10-21)23-11-9-15(3)12-19(23)22-20/h4-7,9,11-12H,1,8,10,13,21H2,2-3H3. The van der Waals surface area contributed by atoms with Crippen LogP contribution in [0.3, 0.4) is 0 Å². The van der Waals surface area contributed by atoms with Gasteiger partial charge in [-0.25, -0.2) is 4.98 Å². The average molecular weight is 321 g/mol. The maximum atomic E-state index is 5.81. The van der Waals surface area contributed by atoms with Crippen molar-refractivity contribution in [3.8, 4) is 17.0 Å². The van der Waals surface area contributed by atoms with E-state index in [1.54, 1.807) is 0 Å². The van der Waals surface area contributed by atoms with Crippen LogP contribution in [0.15, 0.2) is 54.7 Å². The van der Waals surface area contributed by atoms with Gasteiger partial charge >= 0.3 is 0 Å². The second-order valence-electron chi connectivity index (χ2n) is 6.15. The Morgan fingerprint density at radius 1 is 1.25 bits per heavy atom. The summed E-state index contributed by atoms with van der Waals surface area (Å²) in [5.41, 5.74) is 12.2. The average Bonchev–Trinajstić information content (AvgIpc) is 2.91. The van der Waals surface area contributed by atoms with Gasteiger partial charge in [-0.2, -0.15) is 0 Å². The van der Waals surface area contributed by atoms with Crippen LogP contribution in [-0.4, -0.2) is 22.5 Å². The molecule has 3 rings (SSSR count). The largest absolute Gasteiger partial charge is 0.489 e. The molecule has 0 radical (unpaired) electrons. The van der Waals surface area contributed by atoms with E-state index in [9.17, 15) is 0 Å². The Morgan fingerprint density at radius 3 is 2.67 bits per heavy atom. The Kier molecular flexibility index (Phi) is 4.67. The van der Waals surface area contributed by atoms with Crippen molar-refractivity contribution in [2.24, 2.45) is 5.73 Å². The van der Waals surface area contributed by atoms with Crippen LogP contribution in [0.25, 0.3) is 16.9 Å². The van der Waals surface area contributed by atoms with Gasteiger partial charge in [-0.15, -0.1) is 0 Å². The van der Waals surface area contributed by atoms with E-state index in [-0.39, 0.29) is 0 Å². The Hall–Kier alpha value is -2.59. The van der Waals surface area contributed by atoms with Gasteiger partial charge in [-0.05, 0) is 67.9 Å². The Bertz CT molecular complexity index is 862. The predicted molar refractivity (Wildman–Crippen MR) is 98.4 cm³/mol. The molecular formula is C20H23N3O. The van der Waals surface area contributed by atoms with E-state index in [1.165, 1.54) is 5.56 Å². The van der Waals surface area contributed by atoms with Crippen molar-refractivity contribution in [1.82, 2.24) is 9.38 Å². The highest BCUT2D eigenvalue weighted by atomic mass is 16.5. The summed E-state index contributed by atoms with van der Waals surface area (Å²) in [5, 5.41) is 0. The zero-order valence-electron chi connectivity index (χ0n) is 14.2. The van der Waals surface area contributed by atoms with E-state index in [4.69, 9.17) is 15.5 Å². The molecule has 24 heavy (non-hydrogen) atoms. The fourth-order valence-electron chi connectivity index (χ4n) is 2.72. The van der Waals surface area contributed by atoms with Crippen molar-refractivity contribution in [1.29, 1.82) is 0 Å². The van der Waals surface area contributed by atoms with Crippen LogP contribution < -0.4 is 10.5 Å². The number of hydrogen-bond acceptors (Lipinski definition) is 3. The topological polar surface area (TPSA) is 52.5 Å². The van der Waals surface area contributed by atoms with Gasteiger partial charge in [-0.1, -0.05) is 6.58 Å². The molecule has 0 unspecified atom stereocenters. The van der Waals surface area contributed by atoms with Crippen molar-refractivity contribution in [3.63, 3.8) is 0 Å². The fraction of sp³-hybridized carbons (Fsp3) is 0.250. The molecule has 124 valence electrons. The predicted octanol–water partition coefficient (Wildman–Crippen LogP) is 3.77. The first-order valence-electron chi connectivity index (χ1n) is 8.14. The maximum absolute atomic E-state index is 5.81. The minimum atomic E-state index is 0.533. The minimum absolute atomic E-state index is 0.533. The molecule has 0 aliphatic rings. The summed E-state index contributed by atoms with van der Waals surface area (Å²) in [5.74, 6) is 0.835. The first kappa shape index (κ1) is 16.3. The van der Waals surface area contributed by atoms with Crippen LogP contribution in [0.5, 0.6) is 5.75 Å². The summed E-state index contributed by atoms with van der Waals surface area (Å²) in [6, 6.07) is 12.2. The molecule has 2 aromatic heterocycles. The Morgan fingerprint density at radius 2 is 2.00 bits per heavy atom. The van der Waals surface area contributed by atoms with Crippen molar-refractivity contribution >= 4 is 5.65 Å². The molecule has 0 saturated carbocycles. The van der Waals surface area contributed by atoms with E-state index in [0.717, 1.165) is 40.3 Å². The number of aromatic nitrogens is 2. The number of aryl methyl sites for hydroxylation is 1. The lowest BCUT2D eigenvalue weighted by atomic mass is 10.1. The maximum Gasteiger partial charge on any atom is 0.137 e. The summed E-state index contributed by atoms with van der Waals surface area (Å²) in [6.07, 6.45) is 2.85. The van der Waals surface area contributed by atoms with Crippen molar-refractivity contribution < 1.29 is 4.74 Å². The van der Waals surface area contributed by atoms with Crippen molar-refractivity contribution in [2.45, 2.75) is 20.3 Å². The SMILES string of the molecule is C=C(C)COc1ccc(-c2nc3cc(C)ccn3c2CCN)cc1. The number of hydrogen-bond donors (Lipinski definition) is 1. The lowest BCUT2D eigenvalue weighted by Gasteiger charge is -2.07. The molecule has 2 N–H and O–H groups in total. The summed E-state index contributed by atoms with van der Waals surface area (Å²) < 4.78 is 7.79. The highest BCUT2D eigenvalue weighted by molar-refractivity contribution is 5.67. The molecular weight excluding hydrogens is 298 g/mol. The van der Waals surface area contributed by atoms with Gasteiger partial charge in [0.25, 0.3) is 0 Å². The Labute approximate surface area is 142 Å². The van der Waals surface area contributed by atoms with Crippen molar-refractivity contribution in [2.75, 3.05) is 13.2 Å². The van der Waals surface area contributed by atoms with Crippen LogP contribution in [-0.2, 0) is 6.42 Å². The molecule has 0 spiro atoms. The highest BCUT2D eigenvalue weighted by Crippen LogP contribution is 2.27. The molecule has 4 nitrogen and oxygen atoms in total. The summed E-state index contributed by atoms with van der Waals surface area (Å²) in [4.78, 5) is 4.82. The zero-order valence-corrected chi connectivity index (χ0v) is 14.2. The van der Waals surface area contributed by atoms with E-state index in [2.05, 4.69) is 36.2 Å². The first-order chi connectivity index (χ1) is 11.6. The smallest absolute Gasteiger partial charge is 0.137 e. The highest BCUT2D eigenvalue weighted by Gasteiger charge is 2.13. The second kappa shape index (κ2) is 6.89. The van der Waals surface area contributed by atoms with E-state index in [0.29, 0.717) is 13.2 Å². The third-order valence-electron chi connectivity index (χ3n) is 3.87. The van der Waals surface area contributed by atoms with Crippen LogP contribution in [0.4, 0.5) is 0 Å². The second-order valence-corrected chi connectivity index (χ2v) is 6.15. The molecule has 1 aromatic carbocycles. The molecule has 2 heterocycles. The Balaban J connectivity index is 1.98. The van der Waals surface area contributed by atoms with Crippen LogP contribution in [0.2, 0.25) is 0 Å². The monoisotopic (exact) mass is 321 g/mol. The fourth-order valence-corrected chi connectivity index (χ4v) is 2.72. The number of fused-ring (bicyclic) bond motifs is 1. The summed E-state index contributed by atoms with van der Waals surface area (Å²) >= 11 is 0. The van der Waals surface area contributed by atoms with Gasteiger partial charge in [-0.3, -0.25) is 0 Å². The molecule has 3 aromatic rings. The number of ether oxygens (including phenoxy) is 1.